The first-order valence-electron chi connectivity index (χ1n) is 11.5. The Morgan fingerprint density at radius 1 is 0.893 bits per heavy atom. The van der Waals surface area contributed by atoms with Crippen LogP contribution in [0.2, 0.25) is 0 Å². The van der Waals surface area contributed by atoms with E-state index in [9.17, 15) is 0 Å². The molecule has 1 fully saturated rings. The fourth-order valence-corrected chi connectivity index (χ4v) is 5.94. The van der Waals surface area contributed by atoms with Crippen LogP contribution in [0.5, 0.6) is 0 Å². The van der Waals surface area contributed by atoms with Gasteiger partial charge >= 0.3 is 0 Å². The van der Waals surface area contributed by atoms with Gasteiger partial charge in [-0.3, -0.25) is 0 Å². The molecule has 0 saturated heterocycles. The Balaban J connectivity index is 1.65. The summed E-state index contributed by atoms with van der Waals surface area (Å²) in [6.07, 6.45) is 16.4. The number of allylic oxidation sites excluding steroid dienone is 1. The molecule has 0 heteroatoms. The highest BCUT2D eigenvalue weighted by molar-refractivity contribution is 5.81. The molecule has 2 aromatic rings. The van der Waals surface area contributed by atoms with Crippen LogP contribution in [0.1, 0.15) is 87.0 Å². The Morgan fingerprint density at radius 2 is 1.61 bits per heavy atom. The Hall–Kier alpha value is -1.82. The average molecular weight is 373 g/mol. The second-order valence-electron chi connectivity index (χ2n) is 9.58. The first-order chi connectivity index (χ1) is 13.6. The van der Waals surface area contributed by atoms with E-state index >= 15 is 0 Å². The van der Waals surface area contributed by atoms with E-state index in [0.717, 1.165) is 0 Å². The van der Waals surface area contributed by atoms with Crippen molar-refractivity contribution in [3.63, 3.8) is 0 Å². The highest BCUT2D eigenvalue weighted by Crippen LogP contribution is 2.46. The van der Waals surface area contributed by atoms with E-state index in [0.29, 0.717) is 5.41 Å². The van der Waals surface area contributed by atoms with Gasteiger partial charge in [0.05, 0.1) is 0 Å². The molecule has 2 aliphatic carbocycles. The van der Waals surface area contributed by atoms with Crippen LogP contribution in [0.25, 0.3) is 17.2 Å². The number of hydrogen-bond donors (Lipinski definition) is 0. The van der Waals surface area contributed by atoms with E-state index in [2.05, 4.69) is 63.2 Å². The molecule has 0 unspecified atom stereocenters. The summed E-state index contributed by atoms with van der Waals surface area (Å²) in [6, 6.07) is 13.9. The summed E-state index contributed by atoms with van der Waals surface area (Å²) in [5.74, 6) is 0. The smallest absolute Gasteiger partial charge is 0.00574 e. The fourth-order valence-electron chi connectivity index (χ4n) is 5.94. The summed E-state index contributed by atoms with van der Waals surface area (Å²) in [5.41, 5.74) is 10.8. The number of aryl methyl sites for hydroxylation is 2. The minimum Gasteiger partial charge on any atom is -0.0654 e. The molecule has 0 N–H and O–H groups in total. The van der Waals surface area contributed by atoms with Gasteiger partial charge in [-0.15, -0.1) is 0 Å². The first kappa shape index (κ1) is 19.5. The van der Waals surface area contributed by atoms with Crippen molar-refractivity contribution in [1.29, 1.82) is 0 Å². The van der Waals surface area contributed by atoms with Crippen LogP contribution >= 0.6 is 0 Å². The molecule has 0 spiro atoms. The molecule has 2 aromatic carbocycles. The van der Waals surface area contributed by atoms with Crippen LogP contribution in [-0.4, -0.2) is 0 Å². The Bertz CT molecular complexity index is 839. The molecule has 0 bridgehead atoms. The molecule has 0 aliphatic heterocycles. The third-order valence-electron chi connectivity index (χ3n) is 7.04. The normalized spacial score (nSPS) is 18.5. The Kier molecular flexibility index (Phi) is 5.76. The molecule has 0 nitrogen and oxygen atoms in total. The topological polar surface area (TPSA) is 0 Å². The molecule has 28 heavy (non-hydrogen) atoms. The van der Waals surface area contributed by atoms with Gasteiger partial charge in [-0.25, -0.2) is 0 Å². The first-order valence-corrected chi connectivity index (χ1v) is 11.5. The van der Waals surface area contributed by atoms with Crippen molar-refractivity contribution in [3.8, 4) is 11.1 Å². The van der Waals surface area contributed by atoms with E-state index in [-0.39, 0.29) is 0 Å². The van der Waals surface area contributed by atoms with Gasteiger partial charge < -0.3 is 0 Å². The van der Waals surface area contributed by atoms with Crippen molar-refractivity contribution in [2.24, 2.45) is 5.41 Å². The molecule has 4 rings (SSSR count). The van der Waals surface area contributed by atoms with Gasteiger partial charge in [0.1, 0.15) is 0 Å². The summed E-state index contributed by atoms with van der Waals surface area (Å²) in [5, 5.41) is 0. The van der Waals surface area contributed by atoms with Crippen molar-refractivity contribution < 1.29 is 0 Å². The van der Waals surface area contributed by atoms with Gasteiger partial charge in [0, 0.05) is 0 Å². The molecular weight excluding hydrogens is 336 g/mol. The summed E-state index contributed by atoms with van der Waals surface area (Å²) >= 11 is 0. The van der Waals surface area contributed by atoms with Crippen molar-refractivity contribution in [3.05, 3.63) is 64.2 Å². The van der Waals surface area contributed by atoms with Gasteiger partial charge in [0.15, 0.2) is 0 Å². The standard InChI is InChI=1S/C28H36/c1-4-12-28(13-7-5-6-8-14-28)20-23-18-24-10-9-11-26(27(24)19-23)25-16-21(2)15-22(3)17-25/h9-11,15-17,19H,4-8,12-14,18,20H2,1-3H3. The summed E-state index contributed by atoms with van der Waals surface area (Å²) in [7, 11) is 0. The minimum absolute atomic E-state index is 0.569. The largest absolute Gasteiger partial charge is 0.0654 e. The average Bonchev–Trinajstić information content (AvgIpc) is 2.92. The predicted molar refractivity (Wildman–Crippen MR) is 123 cm³/mol. The van der Waals surface area contributed by atoms with Gasteiger partial charge in [-0.2, -0.15) is 0 Å². The van der Waals surface area contributed by atoms with Crippen LogP contribution in [0, 0.1) is 19.3 Å². The molecule has 2 aliphatic rings. The van der Waals surface area contributed by atoms with Crippen LogP contribution in [0.15, 0.2) is 42.0 Å². The minimum atomic E-state index is 0.569. The lowest BCUT2D eigenvalue weighted by atomic mass is 9.72. The van der Waals surface area contributed by atoms with Crippen LogP contribution in [0.4, 0.5) is 0 Å². The van der Waals surface area contributed by atoms with Crippen molar-refractivity contribution in [2.75, 3.05) is 0 Å². The number of hydrogen-bond acceptors (Lipinski definition) is 0. The van der Waals surface area contributed by atoms with E-state index < -0.39 is 0 Å². The van der Waals surface area contributed by atoms with Crippen LogP contribution in [0.3, 0.4) is 0 Å². The van der Waals surface area contributed by atoms with E-state index in [1.807, 2.05) is 0 Å². The lowest BCUT2D eigenvalue weighted by Crippen LogP contribution is -2.20. The second kappa shape index (κ2) is 8.27. The molecule has 0 amide bonds. The molecule has 0 radical (unpaired) electrons. The monoisotopic (exact) mass is 372 g/mol. The van der Waals surface area contributed by atoms with Crippen molar-refractivity contribution >= 4 is 6.08 Å². The maximum absolute atomic E-state index is 2.56. The van der Waals surface area contributed by atoms with Gasteiger partial charge in [0.2, 0.25) is 0 Å². The van der Waals surface area contributed by atoms with Crippen LogP contribution in [-0.2, 0) is 6.42 Å². The zero-order chi connectivity index (χ0) is 19.6. The van der Waals surface area contributed by atoms with Gasteiger partial charge in [-0.1, -0.05) is 98.2 Å². The van der Waals surface area contributed by atoms with Crippen LogP contribution < -0.4 is 0 Å². The lowest BCUT2D eigenvalue weighted by molar-refractivity contribution is 0.217. The highest BCUT2D eigenvalue weighted by atomic mass is 14.4. The molecule has 1 saturated carbocycles. The molecule has 0 aromatic heterocycles. The Labute approximate surface area is 172 Å². The van der Waals surface area contributed by atoms with Gasteiger partial charge in [-0.05, 0) is 73.6 Å². The quantitative estimate of drug-likeness (QED) is 0.462. The number of fused-ring (bicyclic) bond motifs is 1. The SMILES string of the molecule is CCCC1(CC2=Cc3c(cccc3-c3cc(C)cc(C)c3)C2)CCCCCC1. The van der Waals surface area contributed by atoms with Crippen molar-refractivity contribution in [1.82, 2.24) is 0 Å². The maximum Gasteiger partial charge on any atom is -0.00574 e. The van der Waals surface area contributed by atoms with Crippen molar-refractivity contribution in [2.45, 2.75) is 85.0 Å². The summed E-state index contributed by atoms with van der Waals surface area (Å²) in [4.78, 5) is 0. The van der Waals surface area contributed by atoms with E-state index in [1.165, 1.54) is 97.6 Å². The fraction of sp³-hybridized carbons (Fsp3) is 0.500. The van der Waals surface area contributed by atoms with E-state index in [4.69, 9.17) is 0 Å². The third kappa shape index (κ3) is 4.12. The molecule has 148 valence electrons. The summed E-state index contributed by atoms with van der Waals surface area (Å²) < 4.78 is 0. The number of benzene rings is 2. The molecular formula is C28H36. The molecule has 0 atom stereocenters. The zero-order valence-electron chi connectivity index (χ0n) is 18.1. The molecule has 0 heterocycles. The third-order valence-corrected chi connectivity index (χ3v) is 7.04. The second-order valence-corrected chi connectivity index (χ2v) is 9.58. The predicted octanol–water partition coefficient (Wildman–Crippen LogP) is 8.44. The maximum atomic E-state index is 2.56. The lowest BCUT2D eigenvalue weighted by Gasteiger charge is -2.33. The number of rotatable bonds is 5. The van der Waals surface area contributed by atoms with Gasteiger partial charge in [0.25, 0.3) is 0 Å². The highest BCUT2D eigenvalue weighted by Gasteiger charge is 2.32. The summed E-state index contributed by atoms with van der Waals surface area (Å²) in [6.45, 7) is 6.80. The Morgan fingerprint density at radius 3 is 2.29 bits per heavy atom. The van der Waals surface area contributed by atoms with E-state index in [1.54, 1.807) is 5.57 Å². The zero-order valence-corrected chi connectivity index (χ0v) is 18.1.